The third-order valence-corrected chi connectivity index (χ3v) is 4.08. The highest BCUT2D eigenvalue weighted by Gasteiger charge is 2.21. The molecule has 1 atom stereocenters. The summed E-state index contributed by atoms with van der Waals surface area (Å²) in [5.74, 6) is 0.412. The zero-order valence-electron chi connectivity index (χ0n) is 13.6. The van der Waals surface area contributed by atoms with E-state index in [9.17, 15) is 9.59 Å². The minimum Gasteiger partial charge on any atom is -0.381 e. The van der Waals surface area contributed by atoms with Crippen molar-refractivity contribution < 1.29 is 9.53 Å². The normalized spacial score (nSPS) is 17.5. The largest absolute Gasteiger partial charge is 0.381 e. The lowest BCUT2D eigenvalue weighted by atomic mass is 10.1. The van der Waals surface area contributed by atoms with Gasteiger partial charge < -0.3 is 19.9 Å². The number of amides is 2. The fourth-order valence-electron chi connectivity index (χ4n) is 2.77. The van der Waals surface area contributed by atoms with Crippen LogP contribution in [0.2, 0.25) is 0 Å². The average Bonchev–Trinajstić information content (AvgIpc) is 2.96. The number of carbonyl (C=O) groups excluding carboxylic acids is 1. The maximum absolute atomic E-state index is 12.3. The molecule has 2 rings (SSSR count). The van der Waals surface area contributed by atoms with Crippen molar-refractivity contribution in [2.45, 2.75) is 33.7 Å². The van der Waals surface area contributed by atoms with Crippen LogP contribution in [0, 0.1) is 19.8 Å². The lowest BCUT2D eigenvalue weighted by molar-refractivity contribution is 0.166. The van der Waals surface area contributed by atoms with Crippen molar-refractivity contribution in [3.05, 3.63) is 33.2 Å². The SMILES string of the molecule is CCN(C[C@H]1CCOC1)C(=O)NCc1c(C)cc(C)[nH]c1=O. The number of aromatic amines is 1. The summed E-state index contributed by atoms with van der Waals surface area (Å²) in [6.07, 6.45) is 1.00. The maximum atomic E-state index is 12.3. The molecule has 2 heterocycles. The van der Waals surface area contributed by atoms with Crippen molar-refractivity contribution in [2.24, 2.45) is 5.92 Å². The summed E-state index contributed by atoms with van der Waals surface area (Å²) in [6, 6.07) is 1.78. The average molecular weight is 307 g/mol. The van der Waals surface area contributed by atoms with Gasteiger partial charge in [0.15, 0.2) is 0 Å². The molecule has 0 saturated carbocycles. The number of nitrogens with zero attached hydrogens (tertiary/aromatic N) is 1. The van der Waals surface area contributed by atoms with Gasteiger partial charge in [0.25, 0.3) is 5.56 Å². The summed E-state index contributed by atoms with van der Waals surface area (Å²) in [4.78, 5) is 28.8. The van der Waals surface area contributed by atoms with E-state index in [2.05, 4.69) is 10.3 Å². The van der Waals surface area contributed by atoms with E-state index in [1.807, 2.05) is 26.8 Å². The molecule has 1 saturated heterocycles. The van der Waals surface area contributed by atoms with Crippen molar-refractivity contribution in [3.63, 3.8) is 0 Å². The zero-order valence-corrected chi connectivity index (χ0v) is 13.6. The molecule has 0 radical (unpaired) electrons. The number of aryl methyl sites for hydroxylation is 2. The molecular formula is C16H25N3O3. The molecule has 1 fully saturated rings. The number of urea groups is 1. The molecule has 22 heavy (non-hydrogen) atoms. The van der Waals surface area contributed by atoms with Gasteiger partial charge in [-0.15, -0.1) is 0 Å². The summed E-state index contributed by atoms with van der Waals surface area (Å²) in [5, 5.41) is 2.85. The lowest BCUT2D eigenvalue weighted by Gasteiger charge is -2.24. The molecular weight excluding hydrogens is 282 g/mol. The Bertz CT molecular complexity index is 576. The molecule has 2 amide bonds. The van der Waals surface area contributed by atoms with Crippen molar-refractivity contribution >= 4 is 6.03 Å². The molecule has 2 N–H and O–H groups in total. The Labute approximate surface area is 130 Å². The molecule has 1 aliphatic heterocycles. The number of ether oxygens (including phenoxy) is 1. The second-order valence-corrected chi connectivity index (χ2v) is 5.87. The van der Waals surface area contributed by atoms with E-state index in [1.165, 1.54) is 0 Å². The number of rotatable bonds is 5. The second kappa shape index (κ2) is 7.45. The van der Waals surface area contributed by atoms with Crippen molar-refractivity contribution in [1.29, 1.82) is 0 Å². The van der Waals surface area contributed by atoms with Crippen LogP contribution in [-0.4, -0.2) is 42.2 Å². The monoisotopic (exact) mass is 307 g/mol. The molecule has 1 aromatic heterocycles. The van der Waals surface area contributed by atoms with E-state index in [0.717, 1.165) is 30.9 Å². The van der Waals surface area contributed by atoms with Gasteiger partial charge in [-0.25, -0.2) is 4.79 Å². The molecule has 0 unspecified atom stereocenters. The maximum Gasteiger partial charge on any atom is 0.317 e. The van der Waals surface area contributed by atoms with Crippen molar-refractivity contribution in [2.75, 3.05) is 26.3 Å². The molecule has 122 valence electrons. The molecule has 0 bridgehead atoms. The Kier molecular flexibility index (Phi) is 5.60. The number of hydrogen-bond donors (Lipinski definition) is 2. The first-order valence-electron chi connectivity index (χ1n) is 7.81. The molecule has 0 spiro atoms. The van der Waals surface area contributed by atoms with Gasteiger partial charge in [0, 0.05) is 36.9 Å². The second-order valence-electron chi connectivity index (χ2n) is 5.87. The predicted molar refractivity (Wildman–Crippen MR) is 84.9 cm³/mol. The van der Waals surface area contributed by atoms with Gasteiger partial charge in [0.2, 0.25) is 0 Å². The number of aromatic nitrogens is 1. The van der Waals surface area contributed by atoms with Crippen LogP contribution in [0.25, 0.3) is 0 Å². The Morgan fingerprint density at radius 1 is 1.50 bits per heavy atom. The predicted octanol–water partition coefficient (Wildman–Crippen LogP) is 1.56. The smallest absolute Gasteiger partial charge is 0.317 e. The third kappa shape index (κ3) is 4.10. The van der Waals surface area contributed by atoms with Crippen LogP contribution in [0.4, 0.5) is 4.79 Å². The Balaban J connectivity index is 1.94. The number of hydrogen-bond acceptors (Lipinski definition) is 3. The van der Waals surface area contributed by atoms with Crippen LogP contribution in [0.15, 0.2) is 10.9 Å². The Morgan fingerprint density at radius 2 is 2.27 bits per heavy atom. The number of carbonyl (C=O) groups is 1. The lowest BCUT2D eigenvalue weighted by Crippen LogP contribution is -2.43. The summed E-state index contributed by atoms with van der Waals surface area (Å²) in [7, 11) is 0. The van der Waals surface area contributed by atoms with Crippen LogP contribution in [0.3, 0.4) is 0 Å². The van der Waals surface area contributed by atoms with Gasteiger partial charge in [-0.3, -0.25) is 4.79 Å². The van der Waals surface area contributed by atoms with E-state index in [0.29, 0.717) is 24.6 Å². The van der Waals surface area contributed by atoms with Gasteiger partial charge >= 0.3 is 6.03 Å². The van der Waals surface area contributed by atoms with Gasteiger partial charge in [0.05, 0.1) is 13.2 Å². The number of nitrogens with one attached hydrogen (secondary N) is 2. The summed E-state index contributed by atoms with van der Waals surface area (Å²) >= 11 is 0. The zero-order chi connectivity index (χ0) is 16.1. The quantitative estimate of drug-likeness (QED) is 0.867. The first kappa shape index (κ1) is 16.5. The molecule has 6 nitrogen and oxygen atoms in total. The minimum absolute atomic E-state index is 0.131. The Morgan fingerprint density at radius 3 is 2.86 bits per heavy atom. The third-order valence-electron chi connectivity index (χ3n) is 4.08. The van der Waals surface area contributed by atoms with E-state index in [1.54, 1.807) is 4.90 Å². The van der Waals surface area contributed by atoms with Crippen LogP contribution in [0.1, 0.15) is 30.2 Å². The highest BCUT2D eigenvalue weighted by molar-refractivity contribution is 5.74. The summed E-state index contributed by atoms with van der Waals surface area (Å²) in [6.45, 7) is 8.78. The van der Waals surface area contributed by atoms with E-state index < -0.39 is 0 Å². The van der Waals surface area contributed by atoms with Crippen molar-refractivity contribution in [3.8, 4) is 0 Å². The van der Waals surface area contributed by atoms with E-state index in [-0.39, 0.29) is 18.1 Å². The van der Waals surface area contributed by atoms with Crippen molar-refractivity contribution in [1.82, 2.24) is 15.2 Å². The molecule has 0 aromatic carbocycles. The van der Waals surface area contributed by atoms with Crippen LogP contribution in [0.5, 0.6) is 0 Å². The molecule has 1 aromatic rings. The Hall–Kier alpha value is -1.82. The highest BCUT2D eigenvalue weighted by atomic mass is 16.5. The van der Waals surface area contributed by atoms with Gasteiger partial charge in [0.1, 0.15) is 0 Å². The van der Waals surface area contributed by atoms with Crippen LogP contribution in [-0.2, 0) is 11.3 Å². The summed E-state index contributed by atoms with van der Waals surface area (Å²) < 4.78 is 5.35. The molecule has 6 heteroatoms. The van der Waals surface area contributed by atoms with Crippen LogP contribution < -0.4 is 10.9 Å². The van der Waals surface area contributed by atoms with Gasteiger partial charge in [-0.1, -0.05) is 0 Å². The first-order valence-corrected chi connectivity index (χ1v) is 7.81. The molecule has 1 aliphatic rings. The van der Waals surface area contributed by atoms with E-state index in [4.69, 9.17) is 4.74 Å². The van der Waals surface area contributed by atoms with Crippen LogP contribution >= 0.6 is 0 Å². The number of pyridine rings is 1. The summed E-state index contributed by atoms with van der Waals surface area (Å²) in [5.41, 5.74) is 2.20. The number of H-pyrrole nitrogens is 1. The van der Waals surface area contributed by atoms with E-state index >= 15 is 0 Å². The van der Waals surface area contributed by atoms with Gasteiger partial charge in [-0.05, 0) is 38.8 Å². The fourth-order valence-corrected chi connectivity index (χ4v) is 2.77. The topological polar surface area (TPSA) is 74.4 Å². The standard InChI is InChI=1S/C16H25N3O3/c1-4-19(9-13-5-6-22-10-13)16(21)17-8-14-11(2)7-12(3)18-15(14)20/h7,13H,4-6,8-10H2,1-3H3,(H,17,21)(H,18,20)/t13-/m1/s1. The highest BCUT2D eigenvalue weighted by Crippen LogP contribution is 2.14. The van der Waals surface area contributed by atoms with Gasteiger partial charge in [-0.2, -0.15) is 0 Å². The fraction of sp³-hybridized carbons (Fsp3) is 0.625. The first-order chi connectivity index (χ1) is 10.5. The minimum atomic E-state index is -0.134. The molecule has 0 aliphatic carbocycles.